The van der Waals surface area contributed by atoms with Crippen LogP contribution in [0.1, 0.15) is 13.2 Å². The Bertz CT molecular complexity index is 703. The van der Waals surface area contributed by atoms with Crippen LogP contribution in [0, 0.1) is 0 Å². The fraction of sp³-hybridized carbons (Fsp3) is 0.600. The average Bonchev–Trinajstić information content (AvgIpc) is 2.58. The summed E-state index contributed by atoms with van der Waals surface area (Å²) in [6, 6.07) is 0.937. The first-order valence-electron chi connectivity index (χ1n) is 5.95. The lowest BCUT2D eigenvalue weighted by molar-refractivity contribution is -0.203. The van der Waals surface area contributed by atoms with Gasteiger partial charge >= 0.3 is 13.9 Å². The van der Waals surface area contributed by atoms with Gasteiger partial charge in [-0.2, -0.15) is 0 Å². The second kappa shape index (κ2) is 5.61. The Labute approximate surface area is 122 Å². The normalized spacial score (nSPS) is 35.6. The molecule has 12 heteroatoms. The van der Waals surface area contributed by atoms with Crippen LogP contribution in [0.4, 0.5) is 4.39 Å². The van der Waals surface area contributed by atoms with Gasteiger partial charge in [0.05, 0.1) is 0 Å². The van der Waals surface area contributed by atoms with Crippen molar-refractivity contribution >= 4 is 8.25 Å². The van der Waals surface area contributed by atoms with Crippen LogP contribution in [0.2, 0.25) is 0 Å². The van der Waals surface area contributed by atoms with Gasteiger partial charge in [0.25, 0.3) is 11.4 Å². The number of halogens is 1. The molecular formula is C10H13FN2O8P+. The van der Waals surface area contributed by atoms with E-state index in [2.05, 4.69) is 4.52 Å². The summed E-state index contributed by atoms with van der Waals surface area (Å²) in [5, 5.41) is 20.1. The Morgan fingerprint density at radius 3 is 2.77 bits per heavy atom. The summed E-state index contributed by atoms with van der Waals surface area (Å²) in [5.41, 5.74) is -3.99. The molecule has 122 valence electrons. The third-order valence-electron chi connectivity index (χ3n) is 3.25. The van der Waals surface area contributed by atoms with Gasteiger partial charge in [0.1, 0.15) is 11.7 Å². The lowest BCUT2D eigenvalue weighted by atomic mass is 9.95. The molecule has 0 aromatic carbocycles. The first kappa shape index (κ1) is 16.9. The zero-order valence-corrected chi connectivity index (χ0v) is 12.1. The number of nitrogens with one attached hydrogen (secondary N) is 1. The number of ether oxygens (including phenoxy) is 1. The molecule has 0 amide bonds. The van der Waals surface area contributed by atoms with Crippen molar-refractivity contribution in [3.63, 3.8) is 0 Å². The number of aliphatic hydroxyl groups is 2. The molecule has 4 N–H and O–H groups in total. The molecule has 0 aliphatic carbocycles. The SMILES string of the molecule is CC1(O)C(n2ccc(=O)[nH]c2=O)OC(F)(CO[P+](=O)O)C1O. The van der Waals surface area contributed by atoms with Crippen LogP contribution in [0.15, 0.2) is 21.9 Å². The molecule has 5 unspecified atom stereocenters. The van der Waals surface area contributed by atoms with Crippen molar-refractivity contribution in [1.82, 2.24) is 9.55 Å². The Morgan fingerprint density at radius 1 is 1.59 bits per heavy atom. The topological polar surface area (TPSA) is 151 Å². The monoisotopic (exact) mass is 339 g/mol. The van der Waals surface area contributed by atoms with Crippen molar-refractivity contribution in [2.24, 2.45) is 0 Å². The van der Waals surface area contributed by atoms with Crippen LogP contribution in [0.25, 0.3) is 0 Å². The molecule has 22 heavy (non-hydrogen) atoms. The summed E-state index contributed by atoms with van der Waals surface area (Å²) >= 11 is 0. The van der Waals surface area contributed by atoms with E-state index in [0.717, 1.165) is 19.2 Å². The summed E-state index contributed by atoms with van der Waals surface area (Å²) in [6.07, 6.45) is -2.93. The molecule has 1 saturated heterocycles. The Morgan fingerprint density at radius 2 is 2.23 bits per heavy atom. The molecule has 0 spiro atoms. The van der Waals surface area contributed by atoms with Crippen LogP contribution in [0.5, 0.6) is 0 Å². The third-order valence-corrected chi connectivity index (χ3v) is 3.60. The van der Waals surface area contributed by atoms with Crippen LogP contribution >= 0.6 is 8.25 Å². The van der Waals surface area contributed by atoms with Crippen molar-refractivity contribution in [1.29, 1.82) is 0 Å². The molecule has 2 rings (SSSR count). The van der Waals surface area contributed by atoms with Gasteiger partial charge in [-0.3, -0.25) is 14.3 Å². The summed E-state index contributed by atoms with van der Waals surface area (Å²) < 4.78 is 34.7. The molecule has 1 aromatic rings. The fourth-order valence-corrected chi connectivity index (χ4v) is 2.43. The predicted molar refractivity (Wildman–Crippen MR) is 67.7 cm³/mol. The molecule has 0 radical (unpaired) electrons. The van der Waals surface area contributed by atoms with Gasteiger partial charge in [-0.25, -0.2) is 9.18 Å². The maximum absolute atomic E-state index is 14.5. The van der Waals surface area contributed by atoms with Gasteiger partial charge in [0.2, 0.25) is 0 Å². The Balaban J connectivity index is 2.39. The van der Waals surface area contributed by atoms with Crippen molar-refractivity contribution in [3.05, 3.63) is 33.1 Å². The molecular weight excluding hydrogens is 326 g/mol. The number of hydrogen-bond acceptors (Lipinski definition) is 7. The van der Waals surface area contributed by atoms with E-state index in [9.17, 15) is 28.8 Å². The van der Waals surface area contributed by atoms with E-state index in [1.165, 1.54) is 0 Å². The van der Waals surface area contributed by atoms with Crippen molar-refractivity contribution in [2.75, 3.05) is 6.61 Å². The fourth-order valence-electron chi connectivity index (χ4n) is 2.15. The Hall–Kier alpha value is -1.49. The number of hydrogen-bond donors (Lipinski definition) is 4. The molecule has 1 aromatic heterocycles. The number of rotatable bonds is 4. The van der Waals surface area contributed by atoms with Gasteiger partial charge in [-0.15, -0.1) is 9.42 Å². The summed E-state index contributed by atoms with van der Waals surface area (Å²) in [6.45, 7) is -0.148. The maximum atomic E-state index is 14.5. The van der Waals surface area contributed by atoms with E-state index in [0.29, 0.717) is 4.57 Å². The van der Waals surface area contributed by atoms with Gasteiger partial charge in [-0.1, -0.05) is 0 Å². The zero-order valence-electron chi connectivity index (χ0n) is 11.2. The predicted octanol–water partition coefficient (Wildman–Crippen LogP) is -1.49. The second-order valence-electron chi connectivity index (χ2n) is 4.91. The number of aliphatic hydroxyl groups excluding tert-OH is 1. The molecule has 5 atom stereocenters. The largest absolute Gasteiger partial charge is 0.694 e. The summed E-state index contributed by atoms with van der Waals surface area (Å²) in [5.74, 6) is -3.03. The molecule has 1 fully saturated rings. The van der Waals surface area contributed by atoms with Gasteiger partial charge in [0, 0.05) is 16.8 Å². The maximum Gasteiger partial charge on any atom is 0.694 e. The smallest absolute Gasteiger partial charge is 0.384 e. The molecule has 10 nitrogen and oxygen atoms in total. The van der Waals surface area contributed by atoms with E-state index in [-0.39, 0.29) is 0 Å². The van der Waals surface area contributed by atoms with E-state index >= 15 is 0 Å². The van der Waals surface area contributed by atoms with Crippen molar-refractivity contribution in [3.8, 4) is 0 Å². The van der Waals surface area contributed by atoms with E-state index in [4.69, 9.17) is 9.63 Å². The van der Waals surface area contributed by atoms with Crippen LogP contribution < -0.4 is 11.2 Å². The minimum absolute atomic E-state index is 0.672. The highest BCUT2D eigenvalue weighted by molar-refractivity contribution is 7.32. The first-order valence-corrected chi connectivity index (χ1v) is 7.08. The highest BCUT2D eigenvalue weighted by atomic mass is 31.1. The summed E-state index contributed by atoms with van der Waals surface area (Å²) in [4.78, 5) is 33.1. The minimum Gasteiger partial charge on any atom is -0.384 e. The average molecular weight is 339 g/mol. The van der Waals surface area contributed by atoms with Crippen LogP contribution in [-0.4, -0.2) is 48.8 Å². The second-order valence-corrected chi connectivity index (χ2v) is 5.65. The Kier molecular flexibility index (Phi) is 4.30. The van der Waals surface area contributed by atoms with Crippen molar-refractivity contribution < 1.29 is 33.3 Å². The minimum atomic E-state index is -3.16. The van der Waals surface area contributed by atoms with Gasteiger partial charge in [-0.05, 0) is 6.92 Å². The molecule has 1 aliphatic rings. The quantitative estimate of drug-likeness (QED) is 0.484. The van der Waals surface area contributed by atoms with Gasteiger partial charge in [0.15, 0.2) is 12.8 Å². The van der Waals surface area contributed by atoms with Gasteiger partial charge < -0.3 is 14.9 Å². The number of aromatic nitrogens is 2. The van der Waals surface area contributed by atoms with Crippen molar-refractivity contribution in [2.45, 2.75) is 30.7 Å². The molecule has 2 heterocycles. The first-order chi connectivity index (χ1) is 10.1. The van der Waals surface area contributed by atoms with Crippen LogP contribution in [-0.2, 0) is 13.8 Å². The highest BCUT2D eigenvalue weighted by Gasteiger charge is 2.64. The zero-order chi connectivity index (χ0) is 16.7. The van der Waals surface area contributed by atoms with E-state index < -0.39 is 49.9 Å². The van der Waals surface area contributed by atoms with Crippen LogP contribution in [0.3, 0.4) is 0 Å². The van der Waals surface area contributed by atoms with E-state index in [1.54, 1.807) is 0 Å². The number of nitrogens with zero attached hydrogens (tertiary/aromatic N) is 1. The number of alkyl halides is 1. The number of H-pyrrole nitrogens is 1. The molecule has 0 bridgehead atoms. The highest BCUT2D eigenvalue weighted by Crippen LogP contribution is 2.45. The molecule has 0 saturated carbocycles. The third kappa shape index (κ3) is 2.86. The number of aromatic amines is 1. The summed E-state index contributed by atoms with van der Waals surface area (Å²) in [7, 11) is -3.16. The van der Waals surface area contributed by atoms with E-state index in [1.807, 2.05) is 4.98 Å². The lowest BCUT2D eigenvalue weighted by Crippen LogP contribution is -2.49. The molecule has 1 aliphatic heterocycles. The standard InChI is InChI=1S/C10H12FN2O8P/c1-9(17)6(15)10(11,4-20-22(18)19)21-7(9)13-3-2-5(14)12-8(13)16/h2-3,6-7,15,17H,4H2,1H3,(H-,12,14,16,18,19)/p+1. The lowest BCUT2D eigenvalue weighted by Gasteiger charge is -2.27.